The van der Waals surface area contributed by atoms with Crippen molar-refractivity contribution in [3.63, 3.8) is 0 Å². The quantitative estimate of drug-likeness (QED) is 0.860. The van der Waals surface area contributed by atoms with Gasteiger partial charge in [0.1, 0.15) is 6.04 Å². The molecule has 3 rings (SSSR count). The molecule has 1 atom stereocenters. The van der Waals surface area contributed by atoms with Crippen LogP contribution in [0.4, 0.5) is 0 Å². The van der Waals surface area contributed by atoms with Crippen LogP contribution in [0.25, 0.3) is 10.8 Å². The Morgan fingerprint density at radius 2 is 1.87 bits per heavy atom. The van der Waals surface area contributed by atoms with E-state index in [-0.39, 0.29) is 5.78 Å². The number of carboxylic acid groups (broad SMARTS) is 1. The van der Waals surface area contributed by atoms with Crippen molar-refractivity contribution in [1.29, 1.82) is 0 Å². The highest BCUT2D eigenvalue weighted by atomic mass is 16.4. The second-order valence-corrected chi connectivity index (χ2v) is 6.12. The minimum absolute atomic E-state index is 0.0745. The SMILES string of the molecule is O=C(CCN1CCCCC1C(=O)O)c1ccc2ccccc2c1. The zero-order valence-electron chi connectivity index (χ0n) is 13.1. The van der Waals surface area contributed by atoms with Crippen LogP contribution in [0.1, 0.15) is 36.0 Å². The molecular weight excluding hydrogens is 290 g/mol. The zero-order valence-corrected chi connectivity index (χ0v) is 13.1. The largest absolute Gasteiger partial charge is 0.480 e. The lowest BCUT2D eigenvalue weighted by Crippen LogP contribution is -2.45. The van der Waals surface area contributed by atoms with Crippen LogP contribution in [0, 0.1) is 0 Å². The number of aliphatic carboxylic acids is 1. The van der Waals surface area contributed by atoms with Gasteiger partial charge in [-0.05, 0) is 36.2 Å². The Labute approximate surface area is 135 Å². The van der Waals surface area contributed by atoms with E-state index < -0.39 is 12.0 Å². The van der Waals surface area contributed by atoms with Crippen LogP contribution in [0.5, 0.6) is 0 Å². The molecule has 4 nitrogen and oxygen atoms in total. The number of rotatable bonds is 5. The molecule has 1 saturated heterocycles. The van der Waals surface area contributed by atoms with Gasteiger partial charge in [-0.2, -0.15) is 0 Å². The predicted molar refractivity (Wildman–Crippen MR) is 89.7 cm³/mol. The summed E-state index contributed by atoms with van der Waals surface area (Å²) < 4.78 is 0. The number of fused-ring (bicyclic) bond motifs is 1. The fourth-order valence-corrected chi connectivity index (χ4v) is 3.29. The van der Waals surface area contributed by atoms with E-state index in [9.17, 15) is 14.7 Å². The minimum atomic E-state index is -0.775. The second kappa shape index (κ2) is 6.92. The van der Waals surface area contributed by atoms with Crippen molar-refractivity contribution in [1.82, 2.24) is 4.90 Å². The molecule has 0 aromatic heterocycles. The minimum Gasteiger partial charge on any atom is -0.480 e. The van der Waals surface area contributed by atoms with Crippen LogP contribution in [0.3, 0.4) is 0 Å². The van der Waals surface area contributed by atoms with Crippen molar-refractivity contribution in [2.45, 2.75) is 31.7 Å². The molecule has 1 aliphatic rings. The fourth-order valence-electron chi connectivity index (χ4n) is 3.29. The van der Waals surface area contributed by atoms with Crippen molar-refractivity contribution in [3.05, 3.63) is 48.0 Å². The average molecular weight is 311 g/mol. The van der Waals surface area contributed by atoms with E-state index >= 15 is 0 Å². The number of hydrogen-bond donors (Lipinski definition) is 1. The fraction of sp³-hybridized carbons (Fsp3) is 0.368. The number of Topliss-reactive ketones (excluding diaryl/α,β-unsaturated/α-hetero) is 1. The zero-order chi connectivity index (χ0) is 16.2. The summed E-state index contributed by atoms with van der Waals surface area (Å²) >= 11 is 0. The summed E-state index contributed by atoms with van der Waals surface area (Å²) in [5, 5.41) is 11.5. The Bertz CT molecular complexity index is 725. The standard InChI is InChI=1S/C19H21NO3/c21-18(10-12-20-11-4-3-7-17(20)19(22)23)16-9-8-14-5-1-2-6-15(14)13-16/h1-2,5-6,8-9,13,17H,3-4,7,10-12H2,(H,22,23). The Kier molecular flexibility index (Phi) is 4.72. The smallest absolute Gasteiger partial charge is 0.320 e. The van der Waals surface area contributed by atoms with E-state index in [4.69, 9.17) is 0 Å². The van der Waals surface area contributed by atoms with E-state index in [1.807, 2.05) is 47.4 Å². The first-order valence-corrected chi connectivity index (χ1v) is 8.14. The number of likely N-dealkylation sites (tertiary alicyclic amines) is 1. The predicted octanol–water partition coefficient (Wildman–Crippen LogP) is 3.35. The maximum absolute atomic E-state index is 12.4. The van der Waals surface area contributed by atoms with Crippen molar-refractivity contribution < 1.29 is 14.7 Å². The van der Waals surface area contributed by atoms with Gasteiger partial charge in [-0.1, -0.05) is 42.8 Å². The molecule has 0 amide bonds. The maximum atomic E-state index is 12.4. The van der Waals surface area contributed by atoms with Gasteiger partial charge in [0.05, 0.1) is 0 Å². The number of hydrogen-bond acceptors (Lipinski definition) is 3. The molecule has 0 radical (unpaired) electrons. The molecular formula is C19H21NO3. The van der Waals surface area contributed by atoms with Crippen molar-refractivity contribution in [2.24, 2.45) is 0 Å². The summed E-state index contributed by atoms with van der Waals surface area (Å²) in [7, 11) is 0. The molecule has 0 spiro atoms. The lowest BCUT2D eigenvalue weighted by Gasteiger charge is -2.32. The van der Waals surface area contributed by atoms with Crippen LogP contribution in [-0.2, 0) is 4.79 Å². The summed E-state index contributed by atoms with van der Waals surface area (Å²) in [6.07, 6.45) is 3.00. The van der Waals surface area contributed by atoms with Gasteiger partial charge in [-0.15, -0.1) is 0 Å². The first kappa shape index (κ1) is 15.7. The molecule has 1 aliphatic heterocycles. The molecule has 0 saturated carbocycles. The van der Waals surface area contributed by atoms with Gasteiger partial charge in [0.25, 0.3) is 0 Å². The molecule has 1 unspecified atom stereocenters. The number of nitrogens with zero attached hydrogens (tertiary/aromatic N) is 1. The van der Waals surface area contributed by atoms with E-state index in [0.29, 0.717) is 24.9 Å². The Hall–Kier alpha value is -2.20. The summed E-state index contributed by atoms with van der Waals surface area (Å²) in [5.41, 5.74) is 0.701. The van der Waals surface area contributed by atoms with Gasteiger partial charge in [-0.3, -0.25) is 14.5 Å². The average Bonchev–Trinajstić information content (AvgIpc) is 2.59. The van der Waals surface area contributed by atoms with Gasteiger partial charge in [0.15, 0.2) is 5.78 Å². The molecule has 0 aliphatic carbocycles. The third-order valence-electron chi connectivity index (χ3n) is 4.60. The first-order chi connectivity index (χ1) is 11.1. The Balaban J connectivity index is 1.67. The summed E-state index contributed by atoms with van der Waals surface area (Å²) in [6, 6.07) is 13.3. The Morgan fingerprint density at radius 1 is 1.09 bits per heavy atom. The molecule has 4 heteroatoms. The van der Waals surface area contributed by atoms with Gasteiger partial charge >= 0.3 is 5.97 Å². The third-order valence-corrected chi connectivity index (χ3v) is 4.60. The van der Waals surface area contributed by atoms with E-state index in [1.165, 1.54) is 0 Å². The monoisotopic (exact) mass is 311 g/mol. The summed E-state index contributed by atoms with van der Waals surface area (Å²) in [4.78, 5) is 25.7. The van der Waals surface area contributed by atoms with Crippen LogP contribution >= 0.6 is 0 Å². The molecule has 2 aromatic rings. The van der Waals surface area contributed by atoms with Crippen LogP contribution in [0.15, 0.2) is 42.5 Å². The Morgan fingerprint density at radius 3 is 2.65 bits per heavy atom. The number of carbonyl (C=O) groups is 2. The molecule has 2 aromatic carbocycles. The lowest BCUT2D eigenvalue weighted by molar-refractivity contribution is -0.144. The number of piperidine rings is 1. The van der Waals surface area contributed by atoms with Crippen molar-refractivity contribution in [3.8, 4) is 0 Å². The number of carbonyl (C=O) groups excluding carboxylic acids is 1. The molecule has 1 N–H and O–H groups in total. The normalized spacial score (nSPS) is 18.9. The van der Waals surface area contributed by atoms with Crippen molar-refractivity contribution in [2.75, 3.05) is 13.1 Å². The van der Waals surface area contributed by atoms with Gasteiger partial charge in [0.2, 0.25) is 0 Å². The number of carboxylic acids is 1. The van der Waals surface area contributed by atoms with E-state index in [2.05, 4.69) is 0 Å². The van der Waals surface area contributed by atoms with E-state index in [0.717, 1.165) is 30.2 Å². The highest BCUT2D eigenvalue weighted by Gasteiger charge is 2.28. The highest BCUT2D eigenvalue weighted by molar-refractivity contribution is 6.00. The highest BCUT2D eigenvalue weighted by Crippen LogP contribution is 2.19. The van der Waals surface area contributed by atoms with E-state index in [1.54, 1.807) is 0 Å². The topological polar surface area (TPSA) is 57.6 Å². The number of benzene rings is 2. The molecule has 1 heterocycles. The van der Waals surface area contributed by atoms with Gasteiger partial charge < -0.3 is 5.11 Å². The maximum Gasteiger partial charge on any atom is 0.320 e. The third kappa shape index (κ3) is 3.59. The summed E-state index contributed by atoms with van der Waals surface area (Å²) in [6.45, 7) is 1.28. The molecule has 23 heavy (non-hydrogen) atoms. The first-order valence-electron chi connectivity index (χ1n) is 8.14. The van der Waals surface area contributed by atoms with Gasteiger partial charge in [0, 0.05) is 18.5 Å². The summed E-state index contributed by atoms with van der Waals surface area (Å²) in [5.74, 6) is -0.701. The van der Waals surface area contributed by atoms with Gasteiger partial charge in [-0.25, -0.2) is 0 Å². The second-order valence-electron chi connectivity index (χ2n) is 6.12. The molecule has 120 valence electrons. The van der Waals surface area contributed by atoms with Crippen LogP contribution in [-0.4, -0.2) is 40.9 Å². The molecule has 0 bridgehead atoms. The van der Waals surface area contributed by atoms with Crippen molar-refractivity contribution >= 4 is 22.5 Å². The lowest BCUT2D eigenvalue weighted by atomic mass is 10.00. The molecule has 1 fully saturated rings. The van der Waals surface area contributed by atoms with Crippen LogP contribution < -0.4 is 0 Å². The number of ketones is 1. The van der Waals surface area contributed by atoms with Crippen LogP contribution in [0.2, 0.25) is 0 Å².